The van der Waals surface area contributed by atoms with Crippen LogP contribution in [-0.2, 0) is 6.54 Å². The highest BCUT2D eigenvalue weighted by molar-refractivity contribution is 5.87. The van der Waals surface area contributed by atoms with Crippen LogP contribution in [0.1, 0.15) is 17.3 Å². The van der Waals surface area contributed by atoms with E-state index in [9.17, 15) is 9.59 Å². The summed E-state index contributed by atoms with van der Waals surface area (Å²) in [4.78, 5) is 37.5. The Labute approximate surface area is 171 Å². The summed E-state index contributed by atoms with van der Waals surface area (Å²) in [5.41, 5.74) is 0.349. The maximum Gasteiger partial charge on any atom is 0.335 e. The fourth-order valence-electron chi connectivity index (χ4n) is 3.25. The summed E-state index contributed by atoms with van der Waals surface area (Å²) >= 11 is 0. The van der Waals surface area contributed by atoms with Gasteiger partial charge in [-0.2, -0.15) is 9.97 Å². The number of hydrogen-bond acceptors (Lipinski definition) is 7. The fourth-order valence-corrected chi connectivity index (χ4v) is 3.25. The molecular weight excluding hydrogens is 388 g/mol. The molecule has 1 fully saturated rings. The van der Waals surface area contributed by atoms with Gasteiger partial charge in [-0.05, 0) is 31.2 Å². The summed E-state index contributed by atoms with van der Waals surface area (Å²) in [6.07, 6.45) is 0. The molecule has 0 atom stereocenters. The van der Waals surface area contributed by atoms with Crippen molar-refractivity contribution in [1.29, 1.82) is 0 Å². The van der Waals surface area contributed by atoms with Crippen LogP contribution < -0.4 is 20.5 Å². The molecule has 0 bridgehead atoms. The van der Waals surface area contributed by atoms with Gasteiger partial charge in [0.1, 0.15) is 5.75 Å². The molecule has 154 valence electrons. The summed E-state index contributed by atoms with van der Waals surface area (Å²) in [5.74, 6) is 5.80. The normalized spacial score (nSPS) is 13.7. The van der Waals surface area contributed by atoms with Crippen molar-refractivity contribution in [3.63, 3.8) is 0 Å². The molecule has 1 aromatic carbocycles. The molecule has 0 radical (unpaired) electrons. The van der Waals surface area contributed by atoms with Crippen LogP contribution in [0.25, 0.3) is 11.2 Å². The van der Waals surface area contributed by atoms with Crippen molar-refractivity contribution in [2.45, 2.75) is 13.5 Å². The van der Waals surface area contributed by atoms with E-state index in [1.807, 2.05) is 0 Å². The number of ether oxygens (including phenoxy) is 1. The van der Waals surface area contributed by atoms with Gasteiger partial charge in [0.05, 0.1) is 12.1 Å². The quantitative estimate of drug-likeness (QED) is 0.535. The number of nitrogens with zero attached hydrogens (tertiary/aromatic N) is 4. The van der Waals surface area contributed by atoms with Gasteiger partial charge < -0.3 is 20.1 Å². The van der Waals surface area contributed by atoms with Gasteiger partial charge in [0.25, 0.3) is 5.56 Å². The van der Waals surface area contributed by atoms with Crippen LogP contribution in [0.4, 0.5) is 5.95 Å². The van der Waals surface area contributed by atoms with Crippen molar-refractivity contribution in [3.05, 3.63) is 40.2 Å². The Morgan fingerprint density at radius 3 is 2.63 bits per heavy atom. The number of carboxylic acids is 1. The smallest absolute Gasteiger partial charge is 0.335 e. The van der Waals surface area contributed by atoms with E-state index >= 15 is 0 Å². The summed E-state index contributed by atoms with van der Waals surface area (Å²) < 4.78 is 7.39. The van der Waals surface area contributed by atoms with Crippen molar-refractivity contribution in [2.24, 2.45) is 0 Å². The van der Waals surface area contributed by atoms with Crippen LogP contribution in [0.3, 0.4) is 0 Å². The first kappa shape index (κ1) is 19.5. The molecule has 3 N–H and O–H groups in total. The zero-order valence-corrected chi connectivity index (χ0v) is 16.3. The zero-order chi connectivity index (χ0) is 21.1. The van der Waals surface area contributed by atoms with Gasteiger partial charge in [-0.1, -0.05) is 5.92 Å². The molecule has 30 heavy (non-hydrogen) atoms. The van der Waals surface area contributed by atoms with Crippen LogP contribution in [0, 0.1) is 11.8 Å². The van der Waals surface area contributed by atoms with E-state index < -0.39 is 5.97 Å². The molecular formula is C20H20N6O4. The second-order valence-electron chi connectivity index (χ2n) is 6.64. The maximum atomic E-state index is 12.8. The third-order valence-corrected chi connectivity index (χ3v) is 4.70. The number of carboxylic acid groups (broad SMARTS) is 1. The standard InChI is InChI=1S/C20H20N6O4/c1-2-3-10-26-15-16(23-20(26)25-11-8-21-9-12-25)22-19(24-17(15)27)30-14-6-4-13(5-7-14)18(28)29/h4-7,21H,8-12H2,1H3,(H,28,29)(H,22,24,27). The zero-order valence-electron chi connectivity index (χ0n) is 16.3. The molecule has 10 nitrogen and oxygen atoms in total. The maximum absolute atomic E-state index is 12.8. The van der Waals surface area contributed by atoms with Gasteiger partial charge >= 0.3 is 12.0 Å². The number of anilines is 1. The second-order valence-corrected chi connectivity index (χ2v) is 6.64. The lowest BCUT2D eigenvalue weighted by Gasteiger charge is -2.28. The van der Waals surface area contributed by atoms with Gasteiger partial charge in [0.15, 0.2) is 11.2 Å². The molecule has 0 saturated carbocycles. The predicted octanol–water partition coefficient (Wildman–Crippen LogP) is 1.04. The van der Waals surface area contributed by atoms with E-state index in [0.717, 1.165) is 26.2 Å². The Bertz CT molecular complexity index is 1200. The highest BCUT2D eigenvalue weighted by Gasteiger charge is 2.22. The number of benzene rings is 1. The highest BCUT2D eigenvalue weighted by Crippen LogP contribution is 2.23. The number of hydrogen-bond donors (Lipinski definition) is 3. The Balaban J connectivity index is 1.72. The number of aromatic nitrogens is 4. The number of imidazole rings is 1. The first-order chi connectivity index (χ1) is 14.6. The van der Waals surface area contributed by atoms with Gasteiger partial charge in [0, 0.05) is 26.2 Å². The molecule has 0 spiro atoms. The fraction of sp³-hybridized carbons (Fsp3) is 0.300. The van der Waals surface area contributed by atoms with Crippen molar-refractivity contribution in [2.75, 3.05) is 31.1 Å². The number of rotatable bonds is 5. The molecule has 1 aliphatic heterocycles. The number of fused-ring (bicyclic) bond motifs is 1. The first-order valence-corrected chi connectivity index (χ1v) is 9.44. The van der Waals surface area contributed by atoms with E-state index in [-0.39, 0.29) is 22.8 Å². The number of aromatic carboxylic acids is 1. The molecule has 3 heterocycles. The van der Waals surface area contributed by atoms with Crippen LogP contribution >= 0.6 is 0 Å². The number of carbonyl (C=O) groups is 1. The summed E-state index contributed by atoms with van der Waals surface area (Å²) in [6, 6.07) is 5.79. The van der Waals surface area contributed by atoms with Crippen molar-refractivity contribution >= 4 is 23.1 Å². The van der Waals surface area contributed by atoms with Gasteiger partial charge in [-0.15, -0.1) is 5.92 Å². The molecule has 4 rings (SSSR count). The van der Waals surface area contributed by atoms with Crippen molar-refractivity contribution in [1.82, 2.24) is 24.8 Å². The molecule has 2 aromatic heterocycles. The monoisotopic (exact) mass is 408 g/mol. The van der Waals surface area contributed by atoms with Gasteiger partial charge in [0.2, 0.25) is 5.95 Å². The Morgan fingerprint density at radius 1 is 1.23 bits per heavy atom. The molecule has 1 aliphatic rings. The minimum Gasteiger partial charge on any atom is -0.478 e. The lowest BCUT2D eigenvalue weighted by atomic mass is 10.2. The lowest BCUT2D eigenvalue weighted by Crippen LogP contribution is -2.44. The third kappa shape index (κ3) is 3.83. The molecule has 1 saturated heterocycles. The topological polar surface area (TPSA) is 125 Å². The number of piperazine rings is 1. The third-order valence-electron chi connectivity index (χ3n) is 4.70. The minimum atomic E-state index is -1.03. The van der Waals surface area contributed by atoms with Gasteiger partial charge in [-0.3, -0.25) is 14.3 Å². The summed E-state index contributed by atoms with van der Waals surface area (Å²) in [6.45, 7) is 5.25. The Kier molecular flexibility index (Phi) is 5.36. The van der Waals surface area contributed by atoms with Crippen LogP contribution in [0.15, 0.2) is 29.1 Å². The van der Waals surface area contributed by atoms with E-state index in [2.05, 4.69) is 37.0 Å². The SMILES string of the molecule is CC#CCn1c(N2CCNCC2)nc2nc(Oc3ccc(C(=O)O)cc3)[nH]c(=O)c21. The predicted molar refractivity (Wildman–Crippen MR) is 110 cm³/mol. The van der Waals surface area contributed by atoms with E-state index in [4.69, 9.17) is 9.84 Å². The van der Waals surface area contributed by atoms with Crippen LogP contribution in [0.5, 0.6) is 11.8 Å². The first-order valence-electron chi connectivity index (χ1n) is 9.44. The lowest BCUT2D eigenvalue weighted by molar-refractivity contribution is 0.0697. The van der Waals surface area contributed by atoms with E-state index in [1.165, 1.54) is 24.3 Å². The Hall–Kier alpha value is -3.84. The summed E-state index contributed by atoms with van der Waals surface area (Å²) in [5, 5.41) is 12.3. The second kappa shape index (κ2) is 8.26. The summed E-state index contributed by atoms with van der Waals surface area (Å²) in [7, 11) is 0. The van der Waals surface area contributed by atoms with Crippen LogP contribution in [-0.4, -0.2) is 56.8 Å². The average molecular weight is 408 g/mol. The van der Waals surface area contributed by atoms with E-state index in [0.29, 0.717) is 23.8 Å². The number of H-pyrrole nitrogens is 1. The van der Waals surface area contributed by atoms with Gasteiger partial charge in [-0.25, -0.2) is 4.79 Å². The Morgan fingerprint density at radius 2 is 1.97 bits per heavy atom. The van der Waals surface area contributed by atoms with Crippen molar-refractivity contribution < 1.29 is 14.6 Å². The molecule has 0 unspecified atom stereocenters. The van der Waals surface area contributed by atoms with Crippen molar-refractivity contribution in [3.8, 4) is 23.6 Å². The highest BCUT2D eigenvalue weighted by atomic mass is 16.5. The minimum absolute atomic E-state index is 0.0198. The molecule has 3 aromatic rings. The average Bonchev–Trinajstić information content (AvgIpc) is 3.12. The number of nitrogens with one attached hydrogen (secondary N) is 2. The number of aromatic amines is 1. The molecule has 0 aliphatic carbocycles. The molecule has 10 heteroatoms. The van der Waals surface area contributed by atoms with Crippen LogP contribution in [0.2, 0.25) is 0 Å². The largest absolute Gasteiger partial charge is 0.478 e. The molecule has 0 amide bonds. The van der Waals surface area contributed by atoms with E-state index in [1.54, 1.807) is 11.5 Å².